The molecule has 1 aromatic rings. The van der Waals surface area contributed by atoms with Gasteiger partial charge in [-0.15, -0.1) is 0 Å². The van der Waals surface area contributed by atoms with Crippen LogP contribution in [0.4, 0.5) is 9.59 Å². The van der Waals surface area contributed by atoms with Crippen LogP contribution in [0, 0.1) is 0 Å². The van der Waals surface area contributed by atoms with Crippen molar-refractivity contribution in [3.05, 3.63) is 35.4 Å². The van der Waals surface area contributed by atoms with Crippen molar-refractivity contribution in [2.24, 2.45) is 0 Å². The number of nitrogens with one attached hydrogen (secondary N) is 3. The first-order chi connectivity index (χ1) is 11.6. The number of aliphatic hydroxyl groups is 1. The van der Waals surface area contributed by atoms with Crippen LogP contribution in [0.5, 0.6) is 0 Å². The van der Waals surface area contributed by atoms with Crippen molar-refractivity contribution in [1.29, 1.82) is 0 Å². The molecule has 0 saturated carbocycles. The molecular weight excluding hydrogens is 308 g/mol. The number of amides is 4. The van der Waals surface area contributed by atoms with E-state index in [9.17, 15) is 14.7 Å². The molecule has 0 aromatic heterocycles. The maximum atomic E-state index is 12.3. The molecule has 4 amide bonds. The third-order valence-electron chi connectivity index (χ3n) is 4.63. The Labute approximate surface area is 141 Å². The van der Waals surface area contributed by atoms with E-state index >= 15 is 0 Å². The molecule has 1 aromatic carbocycles. The van der Waals surface area contributed by atoms with Gasteiger partial charge >= 0.3 is 12.1 Å². The Morgan fingerprint density at radius 3 is 2.88 bits per heavy atom. The Bertz CT molecular complexity index is 622. The summed E-state index contributed by atoms with van der Waals surface area (Å²) in [6, 6.07) is 6.89. The Hall–Kier alpha value is -2.28. The second-order valence-corrected chi connectivity index (χ2v) is 6.33. The van der Waals surface area contributed by atoms with Crippen LogP contribution in [0.15, 0.2) is 24.3 Å². The molecule has 2 aliphatic rings. The van der Waals surface area contributed by atoms with Crippen molar-refractivity contribution in [2.75, 3.05) is 19.6 Å². The fraction of sp³-hybridized carbons (Fsp3) is 0.529. The van der Waals surface area contributed by atoms with Gasteiger partial charge in [0.05, 0.1) is 12.1 Å². The number of rotatable bonds is 3. The van der Waals surface area contributed by atoms with Gasteiger partial charge in [0.1, 0.15) is 0 Å². The van der Waals surface area contributed by atoms with Crippen molar-refractivity contribution in [2.45, 2.75) is 38.0 Å². The number of hydrogen-bond donors (Lipinski definition) is 4. The van der Waals surface area contributed by atoms with Gasteiger partial charge in [-0.1, -0.05) is 24.3 Å². The minimum Gasteiger partial charge on any atom is -0.390 e. The van der Waals surface area contributed by atoms with Crippen molar-refractivity contribution in [1.82, 2.24) is 20.9 Å². The summed E-state index contributed by atoms with van der Waals surface area (Å²) in [5.74, 6) is 0. The first kappa shape index (κ1) is 16.6. The lowest BCUT2D eigenvalue weighted by Crippen LogP contribution is -2.47. The molecule has 24 heavy (non-hydrogen) atoms. The fourth-order valence-corrected chi connectivity index (χ4v) is 3.44. The highest BCUT2D eigenvalue weighted by Gasteiger charge is 2.33. The predicted molar refractivity (Wildman–Crippen MR) is 89.6 cm³/mol. The molecule has 0 radical (unpaired) electrons. The number of carbonyl (C=O) groups is 2. The Balaban J connectivity index is 1.53. The van der Waals surface area contributed by atoms with E-state index in [1.807, 2.05) is 31.2 Å². The normalized spacial score (nSPS) is 25.2. The van der Waals surface area contributed by atoms with E-state index in [1.165, 1.54) is 0 Å². The van der Waals surface area contributed by atoms with E-state index in [0.29, 0.717) is 26.1 Å². The topological polar surface area (TPSA) is 93.7 Å². The summed E-state index contributed by atoms with van der Waals surface area (Å²) in [4.78, 5) is 25.8. The van der Waals surface area contributed by atoms with Gasteiger partial charge in [-0.25, -0.2) is 9.59 Å². The molecule has 4 N–H and O–H groups in total. The molecule has 3 rings (SSSR count). The van der Waals surface area contributed by atoms with Gasteiger partial charge < -0.3 is 26.0 Å². The summed E-state index contributed by atoms with van der Waals surface area (Å²) in [6.07, 6.45) is 0.674. The van der Waals surface area contributed by atoms with Crippen LogP contribution in [0.25, 0.3) is 0 Å². The van der Waals surface area contributed by atoms with Crippen molar-refractivity contribution in [3.63, 3.8) is 0 Å². The Morgan fingerprint density at radius 2 is 2.08 bits per heavy atom. The minimum absolute atomic E-state index is 0.0682. The van der Waals surface area contributed by atoms with E-state index in [0.717, 1.165) is 17.5 Å². The molecule has 1 saturated heterocycles. The summed E-state index contributed by atoms with van der Waals surface area (Å²) in [7, 11) is 0. The van der Waals surface area contributed by atoms with Crippen LogP contribution >= 0.6 is 0 Å². The maximum absolute atomic E-state index is 12.3. The standard InChI is InChI=1S/C17H24N4O3/c1-2-18-17(24)21-8-7-12(10-21)19-16(23)20-15-13-6-4-3-5-11(13)9-14(15)22/h3-6,12,14-15,22H,2,7-10H2,1H3,(H,18,24)(H2,19,20,23)/t12?,14-,15+/m0/s1. The Morgan fingerprint density at radius 1 is 1.29 bits per heavy atom. The zero-order valence-electron chi connectivity index (χ0n) is 13.8. The molecule has 0 spiro atoms. The second-order valence-electron chi connectivity index (χ2n) is 6.33. The van der Waals surface area contributed by atoms with Crippen LogP contribution in [-0.2, 0) is 6.42 Å². The molecule has 1 aliphatic heterocycles. The van der Waals surface area contributed by atoms with Gasteiger partial charge in [0, 0.05) is 32.1 Å². The van der Waals surface area contributed by atoms with E-state index < -0.39 is 6.10 Å². The molecule has 1 unspecified atom stereocenters. The summed E-state index contributed by atoms with van der Waals surface area (Å²) in [5.41, 5.74) is 2.04. The molecule has 1 aliphatic carbocycles. The zero-order valence-corrected chi connectivity index (χ0v) is 13.8. The van der Waals surface area contributed by atoms with E-state index in [-0.39, 0.29) is 24.1 Å². The number of aliphatic hydroxyl groups excluding tert-OH is 1. The largest absolute Gasteiger partial charge is 0.390 e. The van der Waals surface area contributed by atoms with Crippen LogP contribution in [0.1, 0.15) is 30.5 Å². The average molecular weight is 332 g/mol. The highest BCUT2D eigenvalue weighted by Crippen LogP contribution is 2.31. The first-order valence-corrected chi connectivity index (χ1v) is 8.44. The number of carbonyl (C=O) groups excluding carboxylic acids is 2. The SMILES string of the molecule is CCNC(=O)N1CCC(NC(=O)N[C@@H]2c3ccccc3C[C@@H]2O)C1. The van der Waals surface area contributed by atoms with Crippen LogP contribution < -0.4 is 16.0 Å². The van der Waals surface area contributed by atoms with E-state index in [4.69, 9.17) is 0 Å². The van der Waals surface area contributed by atoms with Crippen molar-refractivity contribution in [3.8, 4) is 0 Å². The monoisotopic (exact) mass is 332 g/mol. The van der Waals surface area contributed by atoms with Crippen molar-refractivity contribution >= 4 is 12.1 Å². The molecule has 130 valence electrons. The summed E-state index contributed by atoms with van der Waals surface area (Å²) in [5, 5.41) is 18.7. The van der Waals surface area contributed by atoms with Gasteiger partial charge in [-0.3, -0.25) is 0 Å². The van der Waals surface area contributed by atoms with Gasteiger partial charge in [-0.05, 0) is 24.5 Å². The molecule has 3 atom stereocenters. The van der Waals surface area contributed by atoms with Gasteiger partial charge in [0.15, 0.2) is 0 Å². The minimum atomic E-state index is -0.608. The quantitative estimate of drug-likeness (QED) is 0.658. The highest BCUT2D eigenvalue weighted by molar-refractivity contribution is 5.76. The van der Waals surface area contributed by atoms with E-state index in [1.54, 1.807) is 4.90 Å². The smallest absolute Gasteiger partial charge is 0.317 e. The highest BCUT2D eigenvalue weighted by atomic mass is 16.3. The Kier molecular flexibility index (Phi) is 4.89. The van der Waals surface area contributed by atoms with Crippen LogP contribution in [0.3, 0.4) is 0 Å². The zero-order chi connectivity index (χ0) is 17.1. The number of benzene rings is 1. The van der Waals surface area contributed by atoms with Gasteiger partial charge in [0.2, 0.25) is 0 Å². The van der Waals surface area contributed by atoms with Gasteiger partial charge in [0.25, 0.3) is 0 Å². The van der Waals surface area contributed by atoms with E-state index in [2.05, 4.69) is 16.0 Å². The van der Waals surface area contributed by atoms with Gasteiger partial charge in [-0.2, -0.15) is 0 Å². The lowest BCUT2D eigenvalue weighted by Gasteiger charge is -2.21. The average Bonchev–Trinajstić information content (AvgIpc) is 3.13. The third-order valence-corrected chi connectivity index (χ3v) is 4.63. The van der Waals surface area contributed by atoms with Crippen LogP contribution in [0.2, 0.25) is 0 Å². The first-order valence-electron chi connectivity index (χ1n) is 8.44. The molecule has 7 nitrogen and oxygen atoms in total. The lowest BCUT2D eigenvalue weighted by molar-refractivity contribution is 0.142. The lowest BCUT2D eigenvalue weighted by atomic mass is 10.1. The number of nitrogens with zero attached hydrogens (tertiary/aromatic N) is 1. The van der Waals surface area contributed by atoms with Crippen LogP contribution in [-0.4, -0.2) is 53.8 Å². The number of hydrogen-bond acceptors (Lipinski definition) is 3. The van der Waals surface area contributed by atoms with Crippen molar-refractivity contribution < 1.29 is 14.7 Å². The molecule has 1 fully saturated rings. The number of urea groups is 2. The summed E-state index contributed by atoms with van der Waals surface area (Å²) < 4.78 is 0. The predicted octanol–water partition coefficient (Wildman–Crippen LogP) is 0.748. The molecular formula is C17H24N4O3. The maximum Gasteiger partial charge on any atom is 0.317 e. The molecule has 0 bridgehead atoms. The molecule has 7 heteroatoms. The third kappa shape index (κ3) is 3.46. The number of likely N-dealkylation sites (tertiary alicyclic amines) is 1. The fourth-order valence-electron chi connectivity index (χ4n) is 3.44. The summed E-state index contributed by atoms with van der Waals surface area (Å²) in [6.45, 7) is 3.60. The molecule has 1 heterocycles. The number of fused-ring (bicyclic) bond motifs is 1. The summed E-state index contributed by atoms with van der Waals surface area (Å²) >= 11 is 0. The second kappa shape index (κ2) is 7.09.